The molecule has 90 valence electrons. The molecule has 1 aromatic rings. The maximum Gasteiger partial charge on any atom is 0.288 e. The van der Waals surface area contributed by atoms with Gasteiger partial charge < -0.3 is 15.1 Å². The Morgan fingerprint density at radius 2 is 2.44 bits per heavy atom. The molecule has 2 N–H and O–H groups in total. The first kappa shape index (κ1) is 13.5. The first-order valence-electron chi connectivity index (χ1n) is 5.02. The smallest absolute Gasteiger partial charge is 0.288 e. The number of furan rings is 1. The molecule has 2 heterocycles. The third-order valence-electron chi connectivity index (χ3n) is 2.46. The molecule has 1 fully saturated rings. The minimum atomic E-state index is -0.152. The lowest BCUT2D eigenvalue weighted by atomic mass is 10.1. The van der Waals surface area contributed by atoms with Crippen LogP contribution in [0.4, 0.5) is 0 Å². The van der Waals surface area contributed by atoms with Crippen molar-refractivity contribution < 1.29 is 9.21 Å². The fourth-order valence-corrected chi connectivity index (χ4v) is 2.06. The molecule has 0 radical (unpaired) electrons. The van der Waals surface area contributed by atoms with Crippen LogP contribution in [0.25, 0.3) is 0 Å². The van der Waals surface area contributed by atoms with Crippen LogP contribution in [0, 0.1) is 0 Å². The molecular weight excluding hydrogens is 295 g/mol. The molecule has 1 saturated heterocycles. The first-order chi connectivity index (χ1) is 7.27. The van der Waals surface area contributed by atoms with Gasteiger partial charge in [0.25, 0.3) is 5.91 Å². The van der Waals surface area contributed by atoms with E-state index in [0.29, 0.717) is 10.2 Å². The lowest BCUT2D eigenvalue weighted by Crippen LogP contribution is -2.45. The van der Waals surface area contributed by atoms with E-state index in [2.05, 4.69) is 26.6 Å². The van der Waals surface area contributed by atoms with Gasteiger partial charge in [0.05, 0.1) is 10.7 Å². The van der Waals surface area contributed by atoms with Crippen LogP contribution in [0.15, 0.2) is 21.2 Å². The minimum Gasteiger partial charge on any atom is -0.458 e. The van der Waals surface area contributed by atoms with Crippen molar-refractivity contribution in [2.45, 2.75) is 18.9 Å². The summed E-state index contributed by atoms with van der Waals surface area (Å²) in [4.78, 5) is 11.7. The van der Waals surface area contributed by atoms with E-state index in [9.17, 15) is 4.79 Å². The fourth-order valence-electron chi connectivity index (χ4n) is 1.68. The molecule has 16 heavy (non-hydrogen) atoms. The van der Waals surface area contributed by atoms with E-state index in [1.807, 2.05) is 0 Å². The number of piperidine rings is 1. The van der Waals surface area contributed by atoms with Crippen LogP contribution in [0.1, 0.15) is 23.4 Å². The van der Waals surface area contributed by atoms with Crippen molar-refractivity contribution in [3.05, 3.63) is 22.6 Å². The van der Waals surface area contributed by atoms with Gasteiger partial charge in [0.1, 0.15) is 0 Å². The molecule has 1 aliphatic heterocycles. The Kier molecular flexibility index (Phi) is 5.31. The van der Waals surface area contributed by atoms with Gasteiger partial charge in [-0.3, -0.25) is 4.79 Å². The Bertz CT molecular complexity index is 350. The number of carbonyl (C=O) groups excluding carboxylic acids is 1. The van der Waals surface area contributed by atoms with Crippen LogP contribution >= 0.6 is 28.3 Å². The maximum atomic E-state index is 11.7. The molecule has 2 rings (SSSR count). The van der Waals surface area contributed by atoms with Gasteiger partial charge in [0.2, 0.25) is 5.76 Å². The van der Waals surface area contributed by atoms with Crippen LogP contribution in [0.5, 0.6) is 0 Å². The number of nitrogens with one attached hydrogen (secondary N) is 2. The molecule has 0 saturated carbocycles. The van der Waals surface area contributed by atoms with Crippen LogP contribution in [0.3, 0.4) is 0 Å². The average molecular weight is 310 g/mol. The molecule has 6 heteroatoms. The molecule has 1 amide bonds. The molecule has 0 bridgehead atoms. The molecular formula is C10H14BrClN2O2. The van der Waals surface area contributed by atoms with Crippen molar-refractivity contribution in [1.29, 1.82) is 0 Å². The second kappa shape index (κ2) is 6.27. The molecule has 1 atom stereocenters. The van der Waals surface area contributed by atoms with Gasteiger partial charge in [-0.2, -0.15) is 0 Å². The number of hydrogen-bond donors (Lipinski definition) is 2. The van der Waals surface area contributed by atoms with Crippen molar-refractivity contribution in [2.24, 2.45) is 0 Å². The predicted octanol–water partition coefficient (Wildman–Crippen LogP) is 1.95. The van der Waals surface area contributed by atoms with E-state index in [-0.39, 0.29) is 24.4 Å². The number of amides is 1. The largest absolute Gasteiger partial charge is 0.458 e. The molecule has 4 nitrogen and oxygen atoms in total. The van der Waals surface area contributed by atoms with Gasteiger partial charge in [-0.1, -0.05) is 0 Å². The molecule has 1 aliphatic rings. The van der Waals surface area contributed by atoms with Crippen molar-refractivity contribution >= 4 is 34.2 Å². The summed E-state index contributed by atoms with van der Waals surface area (Å²) in [5.74, 6) is 0.196. The van der Waals surface area contributed by atoms with Crippen molar-refractivity contribution in [2.75, 3.05) is 13.1 Å². The van der Waals surface area contributed by atoms with Crippen LogP contribution in [0.2, 0.25) is 0 Å². The third-order valence-corrected chi connectivity index (χ3v) is 3.08. The lowest BCUT2D eigenvalue weighted by Gasteiger charge is -2.23. The van der Waals surface area contributed by atoms with E-state index in [4.69, 9.17) is 4.42 Å². The van der Waals surface area contributed by atoms with Gasteiger partial charge in [0, 0.05) is 12.6 Å². The van der Waals surface area contributed by atoms with Crippen LogP contribution in [-0.2, 0) is 0 Å². The highest BCUT2D eigenvalue weighted by molar-refractivity contribution is 9.10. The molecule has 0 aromatic carbocycles. The third kappa shape index (κ3) is 3.23. The van der Waals surface area contributed by atoms with Crippen molar-refractivity contribution in [3.63, 3.8) is 0 Å². The lowest BCUT2D eigenvalue weighted by molar-refractivity contribution is 0.0901. The molecule has 0 aliphatic carbocycles. The normalized spacial score (nSPS) is 19.9. The number of halogens is 2. The summed E-state index contributed by atoms with van der Waals surface area (Å²) in [5, 5.41) is 6.18. The minimum absolute atomic E-state index is 0. The van der Waals surface area contributed by atoms with Crippen molar-refractivity contribution in [3.8, 4) is 0 Å². The topological polar surface area (TPSA) is 54.3 Å². The van der Waals surface area contributed by atoms with Crippen LogP contribution in [-0.4, -0.2) is 25.0 Å². The second-order valence-corrected chi connectivity index (χ2v) is 4.47. The van der Waals surface area contributed by atoms with E-state index in [1.165, 1.54) is 6.26 Å². The summed E-state index contributed by atoms with van der Waals surface area (Å²) < 4.78 is 5.79. The average Bonchev–Trinajstić information content (AvgIpc) is 2.66. The maximum absolute atomic E-state index is 11.7. The summed E-state index contributed by atoms with van der Waals surface area (Å²) >= 11 is 3.26. The quantitative estimate of drug-likeness (QED) is 0.878. The Labute approximate surface area is 109 Å². The summed E-state index contributed by atoms with van der Waals surface area (Å²) in [6.07, 6.45) is 3.62. The Hall–Kier alpha value is -0.520. The van der Waals surface area contributed by atoms with E-state index in [0.717, 1.165) is 25.9 Å². The Balaban J connectivity index is 0.00000128. The van der Waals surface area contributed by atoms with Crippen molar-refractivity contribution in [1.82, 2.24) is 10.6 Å². The zero-order chi connectivity index (χ0) is 10.7. The Morgan fingerprint density at radius 3 is 3.00 bits per heavy atom. The molecule has 1 unspecified atom stereocenters. The van der Waals surface area contributed by atoms with E-state index in [1.54, 1.807) is 6.07 Å². The number of carbonyl (C=O) groups is 1. The van der Waals surface area contributed by atoms with Gasteiger partial charge in [-0.25, -0.2) is 0 Å². The summed E-state index contributed by atoms with van der Waals surface area (Å²) in [5.41, 5.74) is 0. The number of hydrogen-bond acceptors (Lipinski definition) is 3. The summed E-state index contributed by atoms with van der Waals surface area (Å²) in [7, 11) is 0. The predicted molar refractivity (Wildman–Crippen MR) is 67.0 cm³/mol. The molecule has 1 aromatic heterocycles. The van der Waals surface area contributed by atoms with Gasteiger partial charge >= 0.3 is 0 Å². The van der Waals surface area contributed by atoms with Gasteiger partial charge in [0.15, 0.2) is 0 Å². The second-order valence-electron chi connectivity index (χ2n) is 3.61. The van der Waals surface area contributed by atoms with Crippen LogP contribution < -0.4 is 10.6 Å². The monoisotopic (exact) mass is 308 g/mol. The van der Waals surface area contributed by atoms with E-state index < -0.39 is 0 Å². The number of rotatable bonds is 2. The standard InChI is InChI=1S/C10H13BrN2O2.ClH/c11-8-3-5-15-9(8)10(14)13-7-2-1-4-12-6-7;/h3,5,7,12H,1-2,4,6H2,(H,13,14);1H. The highest BCUT2D eigenvalue weighted by Crippen LogP contribution is 2.17. The Morgan fingerprint density at radius 1 is 1.62 bits per heavy atom. The SMILES string of the molecule is Cl.O=C(NC1CCCNC1)c1occc1Br. The summed E-state index contributed by atoms with van der Waals surface area (Å²) in [6.45, 7) is 1.88. The fraction of sp³-hybridized carbons (Fsp3) is 0.500. The molecule has 0 spiro atoms. The zero-order valence-corrected chi connectivity index (χ0v) is 11.1. The summed E-state index contributed by atoms with van der Waals surface area (Å²) in [6, 6.07) is 1.93. The van der Waals surface area contributed by atoms with Gasteiger partial charge in [-0.15, -0.1) is 12.4 Å². The highest BCUT2D eigenvalue weighted by atomic mass is 79.9. The zero-order valence-electron chi connectivity index (χ0n) is 8.66. The first-order valence-corrected chi connectivity index (χ1v) is 5.81. The highest BCUT2D eigenvalue weighted by Gasteiger charge is 2.19. The van der Waals surface area contributed by atoms with E-state index >= 15 is 0 Å². The van der Waals surface area contributed by atoms with Gasteiger partial charge in [-0.05, 0) is 41.4 Å².